The second-order valence-corrected chi connectivity index (χ2v) is 1.66. The van der Waals surface area contributed by atoms with Crippen LogP contribution in [-0.2, 0) is 14.3 Å². The standard InChI is InChI=1S/C6H10O4/c1-4(7)6(8)10-5(2)9-3/h5,7H,1H2,2-3H3. The van der Waals surface area contributed by atoms with E-state index in [0.717, 1.165) is 0 Å². The van der Waals surface area contributed by atoms with Crippen molar-refractivity contribution in [2.45, 2.75) is 13.2 Å². The third kappa shape index (κ3) is 3.09. The van der Waals surface area contributed by atoms with Crippen molar-refractivity contribution in [2.24, 2.45) is 0 Å². The van der Waals surface area contributed by atoms with Gasteiger partial charge in [-0.05, 0) is 13.5 Å². The number of hydrogen-bond acceptors (Lipinski definition) is 4. The van der Waals surface area contributed by atoms with Gasteiger partial charge in [-0.1, -0.05) is 0 Å². The van der Waals surface area contributed by atoms with Gasteiger partial charge in [-0.2, -0.15) is 0 Å². The number of rotatable bonds is 3. The monoisotopic (exact) mass is 146 g/mol. The fraction of sp³-hybridized carbons (Fsp3) is 0.500. The highest BCUT2D eigenvalue weighted by molar-refractivity contribution is 5.84. The van der Waals surface area contributed by atoms with Crippen LogP contribution in [0.2, 0.25) is 0 Å². The van der Waals surface area contributed by atoms with Crippen LogP contribution in [0.15, 0.2) is 12.3 Å². The summed E-state index contributed by atoms with van der Waals surface area (Å²) in [7, 11) is 1.39. The molecule has 0 bridgehead atoms. The highest BCUT2D eigenvalue weighted by Gasteiger charge is 2.09. The Labute approximate surface area is 59.1 Å². The number of methoxy groups -OCH3 is 1. The van der Waals surface area contributed by atoms with Crippen LogP contribution in [0.5, 0.6) is 0 Å². The summed E-state index contributed by atoms with van der Waals surface area (Å²) in [4.78, 5) is 10.5. The molecular weight excluding hydrogens is 136 g/mol. The Hall–Kier alpha value is -1.03. The zero-order valence-corrected chi connectivity index (χ0v) is 5.96. The minimum Gasteiger partial charge on any atom is -0.502 e. The van der Waals surface area contributed by atoms with Crippen LogP contribution in [0.1, 0.15) is 6.92 Å². The maximum absolute atomic E-state index is 10.5. The molecule has 0 radical (unpaired) electrons. The quantitative estimate of drug-likeness (QED) is 0.274. The number of esters is 1. The molecule has 0 saturated heterocycles. The van der Waals surface area contributed by atoms with Crippen molar-refractivity contribution in [3.05, 3.63) is 12.3 Å². The van der Waals surface area contributed by atoms with Crippen molar-refractivity contribution in [2.75, 3.05) is 7.11 Å². The first-order valence-electron chi connectivity index (χ1n) is 2.69. The molecule has 0 aromatic rings. The molecule has 1 N–H and O–H groups in total. The van der Waals surface area contributed by atoms with E-state index in [1.165, 1.54) is 14.0 Å². The van der Waals surface area contributed by atoms with Gasteiger partial charge in [0, 0.05) is 7.11 Å². The second kappa shape index (κ2) is 3.90. The summed E-state index contributed by atoms with van der Waals surface area (Å²) in [5.74, 6) is -1.49. The Kier molecular flexibility index (Phi) is 3.49. The Morgan fingerprint density at radius 3 is 2.50 bits per heavy atom. The fourth-order valence-corrected chi connectivity index (χ4v) is 0.267. The van der Waals surface area contributed by atoms with Gasteiger partial charge in [0.25, 0.3) is 0 Å². The van der Waals surface area contributed by atoms with Crippen LogP contribution < -0.4 is 0 Å². The van der Waals surface area contributed by atoms with E-state index in [1.54, 1.807) is 0 Å². The molecule has 0 aromatic carbocycles. The van der Waals surface area contributed by atoms with Crippen LogP contribution in [0.3, 0.4) is 0 Å². The first kappa shape index (κ1) is 8.97. The molecule has 0 spiro atoms. The average Bonchev–Trinajstić information content (AvgIpc) is 1.87. The first-order chi connectivity index (χ1) is 4.57. The van der Waals surface area contributed by atoms with Gasteiger partial charge < -0.3 is 14.6 Å². The van der Waals surface area contributed by atoms with Gasteiger partial charge in [0.2, 0.25) is 0 Å². The van der Waals surface area contributed by atoms with Crippen LogP contribution in [0.25, 0.3) is 0 Å². The lowest BCUT2D eigenvalue weighted by Crippen LogP contribution is -2.17. The van der Waals surface area contributed by atoms with E-state index in [9.17, 15) is 4.79 Å². The molecule has 0 aliphatic heterocycles. The molecule has 0 amide bonds. The van der Waals surface area contributed by atoms with Gasteiger partial charge >= 0.3 is 5.97 Å². The predicted octanol–water partition coefficient (Wildman–Crippen LogP) is 0.594. The Morgan fingerprint density at radius 1 is 1.70 bits per heavy atom. The highest BCUT2D eigenvalue weighted by atomic mass is 16.7. The molecular formula is C6H10O4. The lowest BCUT2D eigenvalue weighted by molar-refractivity contribution is -0.167. The summed E-state index contributed by atoms with van der Waals surface area (Å²) in [6, 6.07) is 0. The number of hydrogen-bond donors (Lipinski definition) is 1. The highest BCUT2D eigenvalue weighted by Crippen LogP contribution is 1.95. The number of aliphatic hydroxyl groups is 1. The van der Waals surface area contributed by atoms with Crippen molar-refractivity contribution >= 4 is 5.97 Å². The third-order valence-electron chi connectivity index (χ3n) is 0.841. The lowest BCUT2D eigenvalue weighted by Gasteiger charge is -2.09. The molecule has 0 heterocycles. The maximum atomic E-state index is 10.5. The first-order valence-corrected chi connectivity index (χ1v) is 2.69. The van der Waals surface area contributed by atoms with E-state index in [-0.39, 0.29) is 0 Å². The van der Waals surface area contributed by atoms with Gasteiger partial charge in [-0.15, -0.1) is 0 Å². The lowest BCUT2D eigenvalue weighted by atomic mass is 10.6. The van der Waals surface area contributed by atoms with Crippen LogP contribution in [-0.4, -0.2) is 24.5 Å². The number of carbonyl (C=O) groups is 1. The molecule has 0 fully saturated rings. The van der Waals surface area contributed by atoms with E-state index in [2.05, 4.69) is 16.1 Å². The molecule has 10 heavy (non-hydrogen) atoms. The van der Waals surface area contributed by atoms with Crippen molar-refractivity contribution in [1.29, 1.82) is 0 Å². The van der Waals surface area contributed by atoms with E-state index in [0.29, 0.717) is 0 Å². The van der Waals surface area contributed by atoms with E-state index >= 15 is 0 Å². The van der Waals surface area contributed by atoms with Crippen molar-refractivity contribution in [3.8, 4) is 0 Å². The Morgan fingerprint density at radius 2 is 2.20 bits per heavy atom. The maximum Gasteiger partial charge on any atom is 0.375 e. The summed E-state index contributed by atoms with van der Waals surface area (Å²) in [6.07, 6.45) is -0.656. The molecule has 1 unspecified atom stereocenters. The van der Waals surface area contributed by atoms with Crippen LogP contribution in [0.4, 0.5) is 0 Å². The van der Waals surface area contributed by atoms with E-state index in [1.807, 2.05) is 0 Å². The summed E-state index contributed by atoms with van der Waals surface area (Å²) >= 11 is 0. The summed E-state index contributed by atoms with van der Waals surface area (Å²) < 4.78 is 9.03. The van der Waals surface area contributed by atoms with Crippen LogP contribution in [0, 0.1) is 0 Å². The zero-order chi connectivity index (χ0) is 8.15. The molecule has 0 aliphatic rings. The van der Waals surface area contributed by atoms with Crippen molar-refractivity contribution in [1.82, 2.24) is 0 Å². The number of carbonyl (C=O) groups excluding carboxylic acids is 1. The SMILES string of the molecule is C=C(O)C(=O)OC(C)OC. The fourth-order valence-electron chi connectivity index (χ4n) is 0.267. The topological polar surface area (TPSA) is 55.8 Å². The summed E-state index contributed by atoms with van der Waals surface area (Å²) in [6.45, 7) is 4.50. The molecule has 1 atom stereocenters. The van der Waals surface area contributed by atoms with Crippen molar-refractivity contribution in [3.63, 3.8) is 0 Å². The molecule has 0 rings (SSSR count). The van der Waals surface area contributed by atoms with E-state index in [4.69, 9.17) is 5.11 Å². The normalized spacial score (nSPS) is 12.2. The molecule has 4 nitrogen and oxygen atoms in total. The minimum absolute atomic E-state index is 0.621. The summed E-state index contributed by atoms with van der Waals surface area (Å²) in [5.41, 5.74) is 0. The molecule has 58 valence electrons. The van der Waals surface area contributed by atoms with Gasteiger partial charge in [-0.3, -0.25) is 0 Å². The largest absolute Gasteiger partial charge is 0.502 e. The molecule has 0 saturated carbocycles. The van der Waals surface area contributed by atoms with Gasteiger partial charge in [0.1, 0.15) is 0 Å². The number of ether oxygens (including phenoxy) is 2. The smallest absolute Gasteiger partial charge is 0.375 e. The second-order valence-electron chi connectivity index (χ2n) is 1.66. The summed E-state index contributed by atoms with van der Waals surface area (Å²) in [5, 5.41) is 8.44. The third-order valence-corrected chi connectivity index (χ3v) is 0.841. The number of aliphatic hydroxyl groups excluding tert-OH is 1. The average molecular weight is 146 g/mol. The van der Waals surface area contributed by atoms with Gasteiger partial charge in [0.05, 0.1) is 0 Å². The van der Waals surface area contributed by atoms with Crippen LogP contribution >= 0.6 is 0 Å². The predicted molar refractivity (Wildman–Crippen MR) is 34.3 cm³/mol. The minimum atomic E-state index is -0.866. The Balaban J connectivity index is 3.68. The van der Waals surface area contributed by atoms with E-state index < -0.39 is 18.0 Å². The van der Waals surface area contributed by atoms with Gasteiger partial charge in [-0.25, -0.2) is 4.79 Å². The van der Waals surface area contributed by atoms with Gasteiger partial charge in [0.15, 0.2) is 12.0 Å². The van der Waals surface area contributed by atoms with Crippen molar-refractivity contribution < 1.29 is 19.4 Å². The molecule has 4 heteroatoms. The molecule has 0 aromatic heterocycles. The Bertz CT molecular complexity index is 141. The zero-order valence-electron chi connectivity index (χ0n) is 5.96. The molecule has 0 aliphatic carbocycles.